The van der Waals surface area contributed by atoms with Gasteiger partial charge < -0.3 is 15.3 Å². The molecule has 0 aromatic heterocycles. The molecule has 0 saturated carbocycles. The second kappa shape index (κ2) is 9.87. The van der Waals surface area contributed by atoms with E-state index in [2.05, 4.69) is 33.1 Å². The van der Waals surface area contributed by atoms with Crippen LogP contribution in [0.1, 0.15) is 19.4 Å². The van der Waals surface area contributed by atoms with Crippen molar-refractivity contribution < 1.29 is 5.11 Å². The van der Waals surface area contributed by atoms with E-state index in [4.69, 9.17) is 16.7 Å². The number of nitrogens with one attached hydrogen (secondary N) is 1. The normalized spacial score (nSPS) is 17.8. The highest BCUT2D eigenvalue weighted by atomic mass is 35.5. The number of halogens is 1. The summed E-state index contributed by atoms with van der Waals surface area (Å²) in [4.78, 5) is 9.42. The van der Waals surface area contributed by atoms with Crippen LogP contribution in [0.4, 0.5) is 0 Å². The first-order valence-corrected chi connectivity index (χ1v) is 9.11. The maximum atomic E-state index is 9.16. The van der Waals surface area contributed by atoms with Crippen LogP contribution in [0.15, 0.2) is 29.3 Å². The first-order chi connectivity index (χ1) is 11.6. The van der Waals surface area contributed by atoms with E-state index >= 15 is 0 Å². The summed E-state index contributed by atoms with van der Waals surface area (Å²) in [6.07, 6.45) is 0. The van der Waals surface area contributed by atoms with Crippen molar-refractivity contribution in [3.8, 4) is 0 Å². The molecular weight excluding hydrogens is 324 g/mol. The third-order valence-electron chi connectivity index (χ3n) is 4.17. The quantitative estimate of drug-likeness (QED) is 0.607. The van der Waals surface area contributed by atoms with Gasteiger partial charge in [-0.2, -0.15) is 0 Å². The average molecular weight is 353 g/mol. The Morgan fingerprint density at radius 1 is 1.33 bits per heavy atom. The first kappa shape index (κ1) is 19.0. The molecule has 0 amide bonds. The van der Waals surface area contributed by atoms with Gasteiger partial charge in [-0.15, -0.1) is 0 Å². The molecule has 24 heavy (non-hydrogen) atoms. The van der Waals surface area contributed by atoms with E-state index in [0.717, 1.165) is 50.3 Å². The molecule has 2 rings (SSSR count). The summed E-state index contributed by atoms with van der Waals surface area (Å²) in [5.74, 6) is 1.16. The highest BCUT2D eigenvalue weighted by Gasteiger charge is 2.19. The van der Waals surface area contributed by atoms with E-state index in [1.54, 1.807) is 0 Å². The lowest BCUT2D eigenvalue weighted by Crippen LogP contribution is -2.52. The molecule has 6 heteroatoms. The third kappa shape index (κ3) is 5.96. The molecule has 1 atom stereocenters. The third-order valence-corrected chi connectivity index (χ3v) is 4.40. The molecule has 134 valence electrons. The van der Waals surface area contributed by atoms with E-state index in [0.29, 0.717) is 6.54 Å². The molecule has 1 saturated heterocycles. The minimum Gasteiger partial charge on any atom is -0.396 e. The molecule has 1 aliphatic heterocycles. The molecule has 1 unspecified atom stereocenters. The average Bonchev–Trinajstić information content (AvgIpc) is 2.59. The summed E-state index contributed by atoms with van der Waals surface area (Å²) < 4.78 is 0. The molecule has 0 aliphatic carbocycles. The molecule has 2 N–H and O–H groups in total. The molecule has 1 aliphatic rings. The van der Waals surface area contributed by atoms with E-state index in [1.807, 2.05) is 25.1 Å². The zero-order chi connectivity index (χ0) is 17.4. The molecule has 0 bridgehead atoms. The smallest absolute Gasteiger partial charge is 0.194 e. The molecule has 5 nitrogen and oxygen atoms in total. The zero-order valence-corrected chi connectivity index (χ0v) is 15.5. The number of hydrogen-bond donors (Lipinski definition) is 2. The number of guanidine groups is 1. The first-order valence-electron chi connectivity index (χ1n) is 8.73. The molecular formula is C18H29ClN4O. The maximum absolute atomic E-state index is 9.16. The SMILES string of the molecule is CCNC(=NCC(C)CO)N1CCN(Cc2cccc(Cl)c2)CC1. The summed E-state index contributed by atoms with van der Waals surface area (Å²) in [5, 5.41) is 13.3. The van der Waals surface area contributed by atoms with Crippen LogP contribution in [0, 0.1) is 5.92 Å². The Bertz CT molecular complexity index is 530. The van der Waals surface area contributed by atoms with Crippen LogP contribution >= 0.6 is 11.6 Å². The Morgan fingerprint density at radius 2 is 2.08 bits per heavy atom. The number of rotatable bonds is 6. The van der Waals surface area contributed by atoms with Crippen LogP contribution in [-0.4, -0.2) is 66.7 Å². The van der Waals surface area contributed by atoms with Crippen molar-refractivity contribution in [1.82, 2.24) is 15.1 Å². The standard InChI is InChI=1S/C18H29ClN4O/c1-3-20-18(21-12-15(2)14-24)23-9-7-22(8-10-23)13-16-5-4-6-17(19)11-16/h4-6,11,15,24H,3,7-10,12-14H2,1-2H3,(H,20,21). The number of hydrogen-bond acceptors (Lipinski definition) is 3. The van der Waals surface area contributed by atoms with Gasteiger partial charge in [-0.25, -0.2) is 0 Å². The molecule has 0 spiro atoms. The lowest BCUT2D eigenvalue weighted by atomic mass is 10.2. The van der Waals surface area contributed by atoms with E-state index in [9.17, 15) is 0 Å². The topological polar surface area (TPSA) is 51.1 Å². The second-order valence-electron chi connectivity index (χ2n) is 6.38. The predicted molar refractivity (Wildman–Crippen MR) is 101 cm³/mol. The Morgan fingerprint density at radius 3 is 2.71 bits per heavy atom. The van der Waals surface area contributed by atoms with Gasteiger partial charge in [-0.3, -0.25) is 9.89 Å². The van der Waals surface area contributed by atoms with Crippen LogP contribution in [0.3, 0.4) is 0 Å². The van der Waals surface area contributed by atoms with Gasteiger partial charge in [0.05, 0.1) is 0 Å². The second-order valence-corrected chi connectivity index (χ2v) is 6.81. The zero-order valence-electron chi connectivity index (χ0n) is 14.7. The maximum Gasteiger partial charge on any atom is 0.194 e. The fourth-order valence-electron chi connectivity index (χ4n) is 2.74. The van der Waals surface area contributed by atoms with Gasteiger partial charge in [0.2, 0.25) is 0 Å². The van der Waals surface area contributed by atoms with Gasteiger partial charge >= 0.3 is 0 Å². The number of benzene rings is 1. The number of nitrogens with zero attached hydrogens (tertiary/aromatic N) is 3. The number of aliphatic hydroxyl groups excluding tert-OH is 1. The summed E-state index contributed by atoms with van der Waals surface area (Å²) in [6.45, 7) is 10.6. The molecule has 0 radical (unpaired) electrons. The van der Waals surface area contributed by atoms with Crippen molar-refractivity contribution >= 4 is 17.6 Å². The predicted octanol–water partition coefficient (Wildman–Crippen LogP) is 2.05. The minimum absolute atomic E-state index is 0.177. The van der Waals surface area contributed by atoms with Gasteiger partial charge in [0, 0.05) is 57.4 Å². The van der Waals surface area contributed by atoms with E-state index < -0.39 is 0 Å². The lowest BCUT2D eigenvalue weighted by Gasteiger charge is -2.36. The van der Waals surface area contributed by atoms with Gasteiger partial charge in [-0.1, -0.05) is 30.7 Å². The number of aliphatic imine (C=N–C) groups is 1. The number of piperazine rings is 1. The van der Waals surface area contributed by atoms with Gasteiger partial charge in [0.1, 0.15) is 0 Å². The summed E-state index contributed by atoms with van der Waals surface area (Å²) in [6, 6.07) is 8.08. The lowest BCUT2D eigenvalue weighted by molar-refractivity contribution is 0.172. The largest absolute Gasteiger partial charge is 0.396 e. The van der Waals surface area contributed by atoms with Crippen LogP contribution in [0.5, 0.6) is 0 Å². The summed E-state index contributed by atoms with van der Waals surface area (Å²) in [7, 11) is 0. The highest BCUT2D eigenvalue weighted by Crippen LogP contribution is 2.14. The van der Waals surface area contributed by atoms with Crippen molar-refractivity contribution in [1.29, 1.82) is 0 Å². The van der Waals surface area contributed by atoms with Gasteiger partial charge in [0.25, 0.3) is 0 Å². The van der Waals surface area contributed by atoms with Gasteiger partial charge in [0.15, 0.2) is 5.96 Å². The van der Waals surface area contributed by atoms with Crippen LogP contribution < -0.4 is 5.32 Å². The Hall–Kier alpha value is -1.30. The fourth-order valence-corrected chi connectivity index (χ4v) is 2.95. The molecule has 1 aromatic rings. The summed E-state index contributed by atoms with van der Waals surface area (Å²) >= 11 is 6.07. The van der Waals surface area contributed by atoms with Crippen molar-refractivity contribution in [2.75, 3.05) is 45.9 Å². The van der Waals surface area contributed by atoms with E-state index in [1.165, 1.54) is 5.56 Å². The van der Waals surface area contributed by atoms with Crippen molar-refractivity contribution in [2.45, 2.75) is 20.4 Å². The molecule has 1 heterocycles. The van der Waals surface area contributed by atoms with Crippen LogP contribution in [0.25, 0.3) is 0 Å². The van der Waals surface area contributed by atoms with Crippen molar-refractivity contribution in [3.63, 3.8) is 0 Å². The Kier molecular flexibility index (Phi) is 7.82. The fraction of sp³-hybridized carbons (Fsp3) is 0.611. The minimum atomic E-state index is 0.177. The Labute approximate surface area is 150 Å². The monoisotopic (exact) mass is 352 g/mol. The molecule has 1 aromatic carbocycles. The number of aliphatic hydroxyl groups is 1. The van der Waals surface area contributed by atoms with E-state index in [-0.39, 0.29) is 12.5 Å². The van der Waals surface area contributed by atoms with Gasteiger partial charge in [-0.05, 0) is 30.5 Å². The summed E-state index contributed by atoms with van der Waals surface area (Å²) in [5.41, 5.74) is 1.26. The molecule has 1 fully saturated rings. The Balaban J connectivity index is 1.87. The van der Waals surface area contributed by atoms with Crippen LogP contribution in [0.2, 0.25) is 5.02 Å². The van der Waals surface area contributed by atoms with Crippen molar-refractivity contribution in [3.05, 3.63) is 34.9 Å². The highest BCUT2D eigenvalue weighted by molar-refractivity contribution is 6.30. The van der Waals surface area contributed by atoms with Crippen LogP contribution in [-0.2, 0) is 6.54 Å². The van der Waals surface area contributed by atoms with Crippen molar-refractivity contribution in [2.24, 2.45) is 10.9 Å².